The molecule has 0 atom stereocenters. The molecule has 0 N–H and O–H groups in total. The number of nitrogens with zero attached hydrogens (tertiary/aromatic N) is 4. The number of nitriles is 1. The summed E-state index contributed by atoms with van der Waals surface area (Å²) in [4.78, 5) is 22.2. The summed E-state index contributed by atoms with van der Waals surface area (Å²) in [6, 6.07) is 2.37. The number of likely N-dealkylation sites (tertiary alicyclic amines) is 1. The monoisotopic (exact) mass is 276 g/mol. The molecule has 6 heteroatoms. The first kappa shape index (κ1) is 13.8. The van der Waals surface area contributed by atoms with Gasteiger partial charge in [-0.25, -0.2) is 4.98 Å². The fourth-order valence-electron chi connectivity index (χ4n) is 2.10. The van der Waals surface area contributed by atoms with E-state index in [-0.39, 0.29) is 10.7 Å². The predicted octanol–water partition coefficient (Wildman–Crippen LogP) is 1.65. The van der Waals surface area contributed by atoms with Gasteiger partial charge in [0.2, 0.25) is 0 Å². The minimum atomic E-state index is -0.338. The van der Waals surface area contributed by atoms with Crippen LogP contribution in [0.3, 0.4) is 0 Å². The molecule has 0 saturated carbocycles. The smallest absolute Gasteiger partial charge is 0.274 e. The molecular formula is C13H16N4OS. The molecule has 0 aromatic carbocycles. The zero-order valence-corrected chi connectivity index (χ0v) is 11.9. The van der Waals surface area contributed by atoms with Crippen molar-refractivity contribution in [3.63, 3.8) is 0 Å². The second-order valence-corrected chi connectivity index (χ2v) is 5.84. The average molecular weight is 276 g/mol. The summed E-state index contributed by atoms with van der Waals surface area (Å²) in [5.41, 5.74) is 1.17. The highest BCUT2D eigenvalue weighted by Gasteiger charge is 2.35. The third-order valence-corrected chi connectivity index (χ3v) is 4.73. The quantitative estimate of drug-likeness (QED) is 0.821. The van der Waals surface area contributed by atoms with Crippen LogP contribution in [-0.2, 0) is 0 Å². The second kappa shape index (κ2) is 5.57. The highest BCUT2D eigenvalue weighted by molar-refractivity contribution is 8.00. The topological polar surface area (TPSA) is 69.9 Å². The van der Waals surface area contributed by atoms with E-state index in [0.29, 0.717) is 31.6 Å². The Labute approximate surface area is 117 Å². The first-order valence-corrected chi connectivity index (χ1v) is 7.37. The minimum absolute atomic E-state index is 0.0971. The molecular weight excluding hydrogens is 260 g/mol. The Balaban J connectivity index is 2.04. The molecule has 0 bridgehead atoms. The van der Waals surface area contributed by atoms with Gasteiger partial charge in [0, 0.05) is 19.3 Å². The first-order chi connectivity index (χ1) is 9.10. The standard InChI is InChI=1S/C13H16N4OS/c1-10-7-16-11(8-15-10)12(18)17-5-3-13(9-14,19-2)4-6-17/h7-8H,3-6H2,1-2H3. The predicted molar refractivity (Wildman–Crippen MR) is 73.8 cm³/mol. The third kappa shape index (κ3) is 2.87. The Bertz CT molecular complexity index is 500. The number of amides is 1. The number of aryl methyl sites for hydroxylation is 1. The van der Waals surface area contributed by atoms with Gasteiger partial charge in [-0.1, -0.05) is 0 Å². The molecule has 1 saturated heterocycles. The van der Waals surface area contributed by atoms with E-state index in [2.05, 4.69) is 16.0 Å². The molecule has 1 aliphatic rings. The maximum Gasteiger partial charge on any atom is 0.274 e. The normalized spacial score (nSPS) is 17.8. The zero-order valence-electron chi connectivity index (χ0n) is 11.1. The molecule has 0 unspecified atom stereocenters. The van der Waals surface area contributed by atoms with Gasteiger partial charge in [0.25, 0.3) is 5.91 Å². The molecule has 1 aromatic rings. The lowest BCUT2D eigenvalue weighted by molar-refractivity contribution is 0.0710. The molecule has 1 fully saturated rings. The number of thioether (sulfide) groups is 1. The number of rotatable bonds is 2. The van der Waals surface area contributed by atoms with Crippen molar-refractivity contribution < 1.29 is 4.79 Å². The summed E-state index contributed by atoms with van der Waals surface area (Å²) >= 11 is 1.58. The summed E-state index contributed by atoms with van der Waals surface area (Å²) in [5, 5.41) is 9.22. The Morgan fingerprint density at radius 3 is 2.58 bits per heavy atom. The molecule has 2 heterocycles. The maximum atomic E-state index is 12.2. The third-order valence-electron chi connectivity index (χ3n) is 3.45. The van der Waals surface area contributed by atoms with Crippen LogP contribution >= 0.6 is 11.8 Å². The number of hydrogen-bond acceptors (Lipinski definition) is 5. The van der Waals surface area contributed by atoms with Gasteiger partial charge in [0.15, 0.2) is 0 Å². The lowest BCUT2D eigenvalue weighted by Gasteiger charge is -2.35. The van der Waals surface area contributed by atoms with Gasteiger partial charge >= 0.3 is 0 Å². The minimum Gasteiger partial charge on any atom is -0.337 e. The SMILES string of the molecule is CSC1(C#N)CCN(C(=O)c2cnc(C)cn2)CC1. The van der Waals surface area contributed by atoms with Crippen molar-refractivity contribution in [2.24, 2.45) is 0 Å². The number of carbonyl (C=O) groups excluding carboxylic acids is 1. The highest BCUT2D eigenvalue weighted by atomic mass is 32.2. The van der Waals surface area contributed by atoms with Crippen LogP contribution in [0.5, 0.6) is 0 Å². The molecule has 100 valence electrons. The van der Waals surface area contributed by atoms with Crippen LogP contribution < -0.4 is 0 Å². The Kier molecular flexibility index (Phi) is 4.05. The Morgan fingerprint density at radius 2 is 2.11 bits per heavy atom. The molecule has 0 spiro atoms. The number of aromatic nitrogens is 2. The molecule has 2 rings (SSSR count). The van der Waals surface area contributed by atoms with E-state index in [4.69, 9.17) is 0 Å². The molecule has 0 radical (unpaired) electrons. The fraction of sp³-hybridized carbons (Fsp3) is 0.538. The van der Waals surface area contributed by atoms with E-state index < -0.39 is 0 Å². The molecule has 1 aromatic heterocycles. The van der Waals surface area contributed by atoms with Gasteiger partial charge in [0.1, 0.15) is 10.4 Å². The lowest BCUT2D eigenvalue weighted by atomic mass is 9.97. The molecule has 5 nitrogen and oxygen atoms in total. The largest absolute Gasteiger partial charge is 0.337 e. The fourth-order valence-corrected chi connectivity index (χ4v) is 2.78. The van der Waals surface area contributed by atoms with Gasteiger partial charge < -0.3 is 4.90 Å². The molecule has 1 aliphatic heterocycles. The van der Waals surface area contributed by atoms with Gasteiger partial charge in [0.05, 0.1) is 18.0 Å². The van der Waals surface area contributed by atoms with Crippen LogP contribution in [0.15, 0.2) is 12.4 Å². The number of piperidine rings is 1. The summed E-state index contributed by atoms with van der Waals surface area (Å²) < 4.78 is -0.338. The van der Waals surface area contributed by atoms with Crippen molar-refractivity contribution in [3.05, 3.63) is 23.8 Å². The van der Waals surface area contributed by atoms with Crippen LogP contribution in [0.1, 0.15) is 29.0 Å². The van der Waals surface area contributed by atoms with E-state index in [1.165, 1.54) is 6.20 Å². The zero-order chi connectivity index (χ0) is 13.9. The van der Waals surface area contributed by atoms with Gasteiger partial charge in [-0.2, -0.15) is 5.26 Å². The van der Waals surface area contributed by atoms with Crippen molar-refractivity contribution in [1.29, 1.82) is 5.26 Å². The van der Waals surface area contributed by atoms with Crippen molar-refractivity contribution >= 4 is 17.7 Å². The van der Waals surface area contributed by atoms with E-state index in [1.807, 2.05) is 13.2 Å². The highest BCUT2D eigenvalue weighted by Crippen LogP contribution is 2.33. The first-order valence-electron chi connectivity index (χ1n) is 6.14. The van der Waals surface area contributed by atoms with E-state index in [9.17, 15) is 10.1 Å². The van der Waals surface area contributed by atoms with Crippen LogP contribution in [-0.4, -0.2) is 44.9 Å². The van der Waals surface area contributed by atoms with Crippen LogP contribution in [0, 0.1) is 18.3 Å². The number of carbonyl (C=O) groups is 1. The maximum absolute atomic E-state index is 12.2. The second-order valence-electron chi connectivity index (χ2n) is 4.65. The summed E-state index contributed by atoms with van der Waals surface area (Å²) in [5.74, 6) is -0.0971. The van der Waals surface area contributed by atoms with Crippen molar-refractivity contribution in [2.45, 2.75) is 24.5 Å². The van der Waals surface area contributed by atoms with Gasteiger partial charge in [-0.3, -0.25) is 9.78 Å². The Hall–Kier alpha value is -1.61. The van der Waals surface area contributed by atoms with Crippen LogP contribution in [0.4, 0.5) is 0 Å². The van der Waals surface area contributed by atoms with Crippen molar-refractivity contribution in [3.8, 4) is 6.07 Å². The van der Waals surface area contributed by atoms with E-state index in [1.54, 1.807) is 22.9 Å². The average Bonchev–Trinajstić information content (AvgIpc) is 2.47. The van der Waals surface area contributed by atoms with Gasteiger partial charge in [-0.15, -0.1) is 11.8 Å². The van der Waals surface area contributed by atoms with E-state index >= 15 is 0 Å². The molecule has 0 aliphatic carbocycles. The van der Waals surface area contributed by atoms with Crippen LogP contribution in [0.25, 0.3) is 0 Å². The van der Waals surface area contributed by atoms with Crippen LogP contribution in [0.2, 0.25) is 0 Å². The lowest BCUT2D eigenvalue weighted by Crippen LogP contribution is -2.44. The van der Waals surface area contributed by atoms with Crippen molar-refractivity contribution in [1.82, 2.24) is 14.9 Å². The molecule has 1 amide bonds. The summed E-state index contributed by atoms with van der Waals surface area (Å²) in [7, 11) is 0. The summed E-state index contributed by atoms with van der Waals surface area (Å²) in [6.45, 7) is 3.04. The van der Waals surface area contributed by atoms with Gasteiger partial charge in [-0.05, 0) is 26.0 Å². The Morgan fingerprint density at radius 1 is 1.42 bits per heavy atom. The number of hydrogen-bond donors (Lipinski definition) is 0. The van der Waals surface area contributed by atoms with E-state index in [0.717, 1.165) is 5.69 Å². The van der Waals surface area contributed by atoms with Crippen molar-refractivity contribution in [2.75, 3.05) is 19.3 Å². The molecule has 19 heavy (non-hydrogen) atoms. The summed E-state index contributed by atoms with van der Waals surface area (Å²) in [6.07, 6.45) is 6.47.